The van der Waals surface area contributed by atoms with Crippen LogP contribution >= 0.6 is 0 Å². The molecule has 2 amide bonds. The molecule has 3 N–H and O–H groups in total. The number of amides is 2. The Morgan fingerprint density at radius 3 is 2.47 bits per heavy atom. The Bertz CT molecular complexity index is 1660. The number of anilines is 3. The first-order valence-corrected chi connectivity index (χ1v) is 14.7. The maximum absolute atomic E-state index is 12.6. The van der Waals surface area contributed by atoms with Crippen molar-refractivity contribution < 1.29 is 9.53 Å². The summed E-state index contributed by atoms with van der Waals surface area (Å²) in [7, 11) is 0. The number of rotatable bonds is 10. The lowest BCUT2D eigenvalue weighted by atomic mass is 10.1. The van der Waals surface area contributed by atoms with E-state index in [-0.39, 0.29) is 6.03 Å². The molecule has 5 aromatic rings. The molecule has 6 rings (SSSR count). The smallest absolute Gasteiger partial charge is 0.323 e. The molecule has 0 saturated carbocycles. The third-order valence-corrected chi connectivity index (χ3v) is 7.49. The molecule has 0 atom stereocenters. The van der Waals surface area contributed by atoms with Gasteiger partial charge in [-0.05, 0) is 41.8 Å². The molecule has 220 valence electrons. The SMILES string of the molecule is CCc1cccc(NC(=O)Nc2ccc(-c3nn(Cc4ccccc4)c4nc(NCCN5CCOCC5)ncc34)cc2)c1. The number of aromatic nitrogens is 4. The van der Waals surface area contributed by atoms with Crippen molar-refractivity contribution in [3.8, 4) is 11.3 Å². The lowest BCUT2D eigenvalue weighted by Crippen LogP contribution is -2.39. The number of hydrogen-bond donors (Lipinski definition) is 3. The van der Waals surface area contributed by atoms with Crippen LogP contribution in [0.3, 0.4) is 0 Å². The van der Waals surface area contributed by atoms with Gasteiger partial charge in [0.25, 0.3) is 0 Å². The number of nitrogens with zero attached hydrogens (tertiary/aromatic N) is 5. The molecular weight excluding hydrogens is 540 g/mol. The Labute approximate surface area is 251 Å². The summed E-state index contributed by atoms with van der Waals surface area (Å²) < 4.78 is 7.38. The number of urea groups is 1. The van der Waals surface area contributed by atoms with Gasteiger partial charge in [0.15, 0.2) is 5.65 Å². The fourth-order valence-corrected chi connectivity index (χ4v) is 5.15. The largest absolute Gasteiger partial charge is 0.379 e. The molecule has 0 unspecified atom stereocenters. The molecule has 2 aromatic heterocycles. The number of carbonyl (C=O) groups excluding carboxylic acids is 1. The molecular formula is C33H36N8O2. The highest BCUT2D eigenvalue weighted by Crippen LogP contribution is 2.29. The van der Waals surface area contributed by atoms with Gasteiger partial charge in [0.2, 0.25) is 5.95 Å². The standard InChI is InChI=1S/C33H36N8O2/c1-2-24-9-6-10-28(21-24)37-33(42)36-27-13-11-26(12-14-27)30-29-22-35-32(34-15-16-40-17-19-43-20-18-40)38-31(29)41(39-30)23-25-7-4-3-5-8-25/h3-14,21-22H,2,15-20,23H2,1H3,(H,34,35,38)(H2,36,37,42). The number of nitrogens with one attached hydrogen (secondary N) is 3. The van der Waals surface area contributed by atoms with Crippen LogP contribution in [0.1, 0.15) is 18.1 Å². The van der Waals surface area contributed by atoms with Gasteiger partial charge in [0, 0.05) is 49.3 Å². The molecule has 43 heavy (non-hydrogen) atoms. The molecule has 10 heteroatoms. The summed E-state index contributed by atoms with van der Waals surface area (Å²) >= 11 is 0. The summed E-state index contributed by atoms with van der Waals surface area (Å²) in [4.78, 5) is 24.5. The van der Waals surface area contributed by atoms with E-state index in [1.165, 1.54) is 5.56 Å². The monoisotopic (exact) mass is 576 g/mol. The van der Waals surface area contributed by atoms with E-state index in [0.717, 1.165) is 79.4 Å². The van der Waals surface area contributed by atoms with E-state index in [1.54, 1.807) is 0 Å². The lowest BCUT2D eigenvalue weighted by molar-refractivity contribution is 0.0398. The van der Waals surface area contributed by atoms with Crippen LogP contribution in [0, 0.1) is 0 Å². The van der Waals surface area contributed by atoms with Gasteiger partial charge in [-0.15, -0.1) is 0 Å². The van der Waals surface area contributed by atoms with Gasteiger partial charge >= 0.3 is 6.03 Å². The maximum Gasteiger partial charge on any atom is 0.323 e. The van der Waals surface area contributed by atoms with Crippen LogP contribution in [0.25, 0.3) is 22.3 Å². The third kappa shape index (κ3) is 7.17. The Kier molecular flexibility index (Phi) is 8.86. The summed E-state index contributed by atoms with van der Waals surface area (Å²) in [6.45, 7) is 7.77. The van der Waals surface area contributed by atoms with E-state index < -0.39 is 0 Å². The summed E-state index contributed by atoms with van der Waals surface area (Å²) in [5.74, 6) is 0.580. The van der Waals surface area contributed by atoms with Crippen molar-refractivity contribution in [1.82, 2.24) is 24.6 Å². The number of carbonyl (C=O) groups is 1. The van der Waals surface area contributed by atoms with Crippen molar-refractivity contribution in [2.24, 2.45) is 0 Å². The first kappa shape index (κ1) is 28.3. The molecule has 0 bridgehead atoms. The number of aryl methyl sites for hydroxylation is 1. The topological polar surface area (TPSA) is 109 Å². The van der Waals surface area contributed by atoms with Crippen LogP contribution < -0.4 is 16.0 Å². The predicted octanol–water partition coefficient (Wildman–Crippen LogP) is 5.49. The van der Waals surface area contributed by atoms with Crippen molar-refractivity contribution in [1.29, 1.82) is 0 Å². The average molecular weight is 577 g/mol. The average Bonchev–Trinajstić information content (AvgIpc) is 3.39. The number of morpholine rings is 1. The quantitative estimate of drug-likeness (QED) is 0.202. The van der Waals surface area contributed by atoms with Crippen LogP contribution in [0.5, 0.6) is 0 Å². The van der Waals surface area contributed by atoms with Gasteiger partial charge in [-0.2, -0.15) is 10.1 Å². The van der Waals surface area contributed by atoms with Gasteiger partial charge < -0.3 is 20.7 Å². The summed E-state index contributed by atoms with van der Waals surface area (Å²) in [6, 6.07) is 25.4. The summed E-state index contributed by atoms with van der Waals surface area (Å²) in [5, 5.41) is 15.0. The molecule has 0 spiro atoms. The van der Waals surface area contributed by atoms with E-state index in [9.17, 15) is 4.79 Å². The second-order valence-corrected chi connectivity index (χ2v) is 10.5. The van der Waals surface area contributed by atoms with Crippen molar-refractivity contribution in [2.45, 2.75) is 19.9 Å². The van der Waals surface area contributed by atoms with Crippen LogP contribution in [-0.4, -0.2) is 70.1 Å². The lowest BCUT2D eigenvalue weighted by Gasteiger charge is -2.26. The molecule has 0 radical (unpaired) electrons. The molecule has 1 saturated heterocycles. The first-order valence-electron chi connectivity index (χ1n) is 14.7. The highest BCUT2D eigenvalue weighted by molar-refractivity contribution is 6.00. The third-order valence-electron chi connectivity index (χ3n) is 7.49. The zero-order valence-corrected chi connectivity index (χ0v) is 24.3. The molecule has 3 heterocycles. The number of fused-ring (bicyclic) bond motifs is 1. The fourth-order valence-electron chi connectivity index (χ4n) is 5.15. The second kappa shape index (κ2) is 13.5. The van der Waals surface area contributed by atoms with Crippen molar-refractivity contribution in [3.05, 3.63) is 96.2 Å². The fraction of sp³-hybridized carbons (Fsp3) is 0.273. The predicted molar refractivity (Wildman–Crippen MR) is 171 cm³/mol. The second-order valence-electron chi connectivity index (χ2n) is 10.5. The normalized spacial score (nSPS) is 13.6. The Hall–Kier alpha value is -4.80. The molecule has 3 aromatic carbocycles. The Morgan fingerprint density at radius 1 is 0.907 bits per heavy atom. The van der Waals surface area contributed by atoms with Crippen molar-refractivity contribution in [2.75, 3.05) is 55.3 Å². The number of benzene rings is 3. The molecule has 1 aliphatic heterocycles. The summed E-state index contributed by atoms with van der Waals surface area (Å²) in [5.41, 5.74) is 6.21. The van der Waals surface area contributed by atoms with Crippen molar-refractivity contribution >= 4 is 34.4 Å². The van der Waals surface area contributed by atoms with Gasteiger partial charge in [-0.25, -0.2) is 14.5 Å². The van der Waals surface area contributed by atoms with Crippen molar-refractivity contribution in [3.63, 3.8) is 0 Å². The molecule has 0 aliphatic carbocycles. The van der Waals surface area contributed by atoms with E-state index in [1.807, 2.05) is 77.6 Å². The molecule has 1 fully saturated rings. The van der Waals surface area contributed by atoms with E-state index in [0.29, 0.717) is 18.2 Å². The highest BCUT2D eigenvalue weighted by Gasteiger charge is 2.17. The van der Waals surface area contributed by atoms with Crippen LogP contribution in [0.15, 0.2) is 85.1 Å². The van der Waals surface area contributed by atoms with Gasteiger partial charge in [0.05, 0.1) is 25.1 Å². The van der Waals surface area contributed by atoms with Gasteiger partial charge in [0.1, 0.15) is 5.69 Å². The van der Waals surface area contributed by atoms with Gasteiger partial charge in [-0.1, -0.05) is 61.5 Å². The first-order chi connectivity index (χ1) is 21.1. The molecule has 10 nitrogen and oxygen atoms in total. The van der Waals surface area contributed by atoms with E-state index in [4.69, 9.17) is 14.8 Å². The van der Waals surface area contributed by atoms with Crippen LogP contribution in [0.2, 0.25) is 0 Å². The minimum atomic E-state index is -0.291. The Balaban J connectivity index is 1.20. The minimum Gasteiger partial charge on any atom is -0.379 e. The zero-order valence-electron chi connectivity index (χ0n) is 24.3. The maximum atomic E-state index is 12.6. The minimum absolute atomic E-state index is 0.291. The Morgan fingerprint density at radius 2 is 1.67 bits per heavy atom. The van der Waals surface area contributed by atoms with Crippen LogP contribution in [0.4, 0.5) is 22.1 Å². The van der Waals surface area contributed by atoms with Crippen LogP contribution in [-0.2, 0) is 17.7 Å². The van der Waals surface area contributed by atoms with Gasteiger partial charge in [-0.3, -0.25) is 4.90 Å². The number of hydrogen-bond acceptors (Lipinski definition) is 7. The number of ether oxygens (including phenoxy) is 1. The summed E-state index contributed by atoms with van der Waals surface area (Å²) in [6.07, 6.45) is 2.75. The highest BCUT2D eigenvalue weighted by atomic mass is 16.5. The van der Waals surface area contributed by atoms with E-state index >= 15 is 0 Å². The van der Waals surface area contributed by atoms with E-state index in [2.05, 4.69) is 44.9 Å². The zero-order chi connectivity index (χ0) is 29.4. The molecule has 1 aliphatic rings.